The summed E-state index contributed by atoms with van der Waals surface area (Å²) in [7, 11) is 0. The van der Waals surface area contributed by atoms with Crippen LogP contribution in [-0.4, -0.2) is 5.84 Å². The smallest absolute Gasteiger partial charge is 0.173 e. The molecule has 2 aromatic carbocycles. The minimum atomic E-state index is -0.251. The molecular formula is C14H15FN4. The lowest BCUT2D eigenvalue weighted by molar-refractivity contribution is 0.628. The van der Waals surface area contributed by atoms with Crippen LogP contribution in [0.3, 0.4) is 0 Å². The molecule has 0 bridgehead atoms. The van der Waals surface area contributed by atoms with E-state index in [9.17, 15) is 4.39 Å². The number of anilines is 1. The molecule has 0 aromatic heterocycles. The third-order valence-corrected chi connectivity index (χ3v) is 2.31. The van der Waals surface area contributed by atoms with Gasteiger partial charge < -0.3 is 5.73 Å². The molecule has 0 amide bonds. The normalized spacial score (nSPS) is 9.16. The summed E-state index contributed by atoms with van der Waals surface area (Å²) < 4.78 is 12.0. The summed E-state index contributed by atoms with van der Waals surface area (Å²) in [4.78, 5) is 0. The summed E-state index contributed by atoms with van der Waals surface area (Å²) in [5.41, 5.74) is 14.3. The Balaban J connectivity index is 0.000000200. The van der Waals surface area contributed by atoms with E-state index in [4.69, 9.17) is 16.7 Å². The molecule has 0 aliphatic heterocycles. The second kappa shape index (κ2) is 7.00. The van der Waals surface area contributed by atoms with Gasteiger partial charge in [0.05, 0.1) is 0 Å². The van der Waals surface area contributed by atoms with Crippen molar-refractivity contribution in [2.75, 3.05) is 5.73 Å². The van der Waals surface area contributed by atoms with Gasteiger partial charge in [0.1, 0.15) is 5.82 Å². The fourth-order valence-corrected chi connectivity index (χ4v) is 1.24. The van der Waals surface area contributed by atoms with Crippen LogP contribution in [0.5, 0.6) is 0 Å². The fraction of sp³-hybridized carbons (Fsp3) is 0.0714. The van der Waals surface area contributed by atoms with Gasteiger partial charge in [-0.15, -0.1) is 5.11 Å². The summed E-state index contributed by atoms with van der Waals surface area (Å²) in [5.74, 6) is -0.246. The molecule has 0 unspecified atom stereocenters. The van der Waals surface area contributed by atoms with Gasteiger partial charge in [-0.1, -0.05) is 29.8 Å². The molecule has 2 aromatic rings. The molecule has 0 radical (unpaired) electrons. The number of hydrogen-bond donors (Lipinski definition) is 3. The van der Waals surface area contributed by atoms with Crippen molar-refractivity contribution >= 4 is 11.5 Å². The first kappa shape index (κ1) is 14.5. The van der Waals surface area contributed by atoms with Gasteiger partial charge >= 0.3 is 0 Å². The van der Waals surface area contributed by atoms with E-state index in [0.29, 0.717) is 11.3 Å². The minimum Gasteiger partial charge on any atom is -0.399 e. The molecule has 0 heterocycles. The first-order chi connectivity index (χ1) is 9.02. The number of nitrogen functional groups attached to an aromatic ring is 1. The Kier molecular flexibility index (Phi) is 5.35. The monoisotopic (exact) mass is 258 g/mol. The van der Waals surface area contributed by atoms with Crippen LogP contribution in [0.4, 0.5) is 10.1 Å². The first-order valence-electron chi connectivity index (χ1n) is 5.57. The number of aryl methyl sites for hydroxylation is 1. The Labute approximate surface area is 111 Å². The predicted molar refractivity (Wildman–Crippen MR) is 74.0 cm³/mol. The van der Waals surface area contributed by atoms with Crippen LogP contribution in [0.2, 0.25) is 0 Å². The lowest BCUT2D eigenvalue weighted by Crippen LogP contribution is -1.92. The van der Waals surface area contributed by atoms with Crippen molar-refractivity contribution in [3.8, 4) is 0 Å². The molecule has 4 N–H and O–H groups in total. The Bertz CT molecular complexity index is 526. The summed E-state index contributed by atoms with van der Waals surface area (Å²) in [6, 6.07) is 13.1. The van der Waals surface area contributed by atoms with Crippen molar-refractivity contribution in [2.45, 2.75) is 6.92 Å². The van der Waals surface area contributed by atoms with Gasteiger partial charge in [0, 0.05) is 11.3 Å². The lowest BCUT2D eigenvalue weighted by atomic mass is 10.1. The quantitative estimate of drug-likeness (QED) is 0.309. The zero-order valence-corrected chi connectivity index (χ0v) is 10.5. The summed E-state index contributed by atoms with van der Waals surface area (Å²) in [6.07, 6.45) is 0. The van der Waals surface area contributed by atoms with Crippen LogP contribution < -0.4 is 5.73 Å². The summed E-state index contributed by atoms with van der Waals surface area (Å²) in [5, 5.41) is 10.2. The molecule has 4 nitrogen and oxygen atoms in total. The zero-order chi connectivity index (χ0) is 14.3. The van der Waals surface area contributed by atoms with E-state index < -0.39 is 0 Å². The van der Waals surface area contributed by atoms with Crippen molar-refractivity contribution in [1.29, 1.82) is 10.9 Å². The Morgan fingerprint density at radius 3 is 2.00 bits per heavy atom. The van der Waals surface area contributed by atoms with E-state index in [1.807, 2.05) is 19.1 Å². The van der Waals surface area contributed by atoms with Crippen molar-refractivity contribution in [3.63, 3.8) is 0 Å². The van der Waals surface area contributed by atoms with Crippen molar-refractivity contribution in [2.24, 2.45) is 5.11 Å². The Morgan fingerprint density at radius 1 is 1.05 bits per heavy atom. The van der Waals surface area contributed by atoms with Crippen molar-refractivity contribution < 1.29 is 4.39 Å². The number of nitrogens with one attached hydrogen (secondary N) is 2. The molecule has 0 fully saturated rings. The van der Waals surface area contributed by atoms with Gasteiger partial charge in [0.25, 0.3) is 0 Å². The third kappa shape index (κ3) is 5.08. The second-order valence-electron chi connectivity index (χ2n) is 3.88. The van der Waals surface area contributed by atoms with E-state index in [1.165, 1.54) is 24.3 Å². The molecule has 0 saturated carbocycles. The maximum atomic E-state index is 12.0. The number of benzene rings is 2. The van der Waals surface area contributed by atoms with Crippen LogP contribution in [0.15, 0.2) is 53.6 Å². The molecule has 2 rings (SSSR count). The van der Waals surface area contributed by atoms with Crippen LogP contribution in [0, 0.1) is 23.7 Å². The molecule has 0 aliphatic rings. The molecule has 0 atom stereocenters. The van der Waals surface area contributed by atoms with Gasteiger partial charge in [-0.25, -0.2) is 9.92 Å². The van der Waals surface area contributed by atoms with Crippen molar-refractivity contribution in [1.82, 2.24) is 0 Å². The molecule has 0 spiro atoms. The molecule has 19 heavy (non-hydrogen) atoms. The highest BCUT2D eigenvalue weighted by Gasteiger charge is 1.96. The van der Waals surface area contributed by atoms with Gasteiger partial charge in [0.15, 0.2) is 5.84 Å². The number of nitrogens with zero attached hydrogens (tertiary/aromatic N) is 1. The van der Waals surface area contributed by atoms with E-state index >= 15 is 0 Å². The fourth-order valence-electron chi connectivity index (χ4n) is 1.24. The number of rotatable bonds is 1. The van der Waals surface area contributed by atoms with Gasteiger partial charge in [-0.3, -0.25) is 5.41 Å². The molecule has 0 saturated heterocycles. The standard InChI is InChI=1S/C8H9N3.C6H6FN/c1-6-2-4-7(5-3-6)8(9)11-10;7-5-1-3-6(8)4-2-5/h2-5,9-10H,1H3;1-4H,8H2. The summed E-state index contributed by atoms with van der Waals surface area (Å²) in [6.45, 7) is 1.98. The lowest BCUT2D eigenvalue weighted by Gasteiger charge is -1.95. The highest BCUT2D eigenvalue weighted by atomic mass is 19.1. The van der Waals surface area contributed by atoms with Crippen LogP contribution in [-0.2, 0) is 0 Å². The van der Waals surface area contributed by atoms with Crippen LogP contribution >= 0.6 is 0 Å². The topological polar surface area (TPSA) is 86.1 Å². The third-order valence-electron chi connectivity index (χ3n) is 2.31. The number of halogens is 1. The Hall–Kier alpha value is -2.56. The largest absolute Gasteiger partial charge is 0.399 e. The molecule has 5 heteroatoms. The van der Waals surface area contributed by atoms with E-state index in [-0.39, 0.29) is 11.7 Å². The SMILES string of the molecule is Cc1ccc(C(=N)N=N)cc1.Nc1ccc(F)cc1. The number of hydrogen-bond acceptors (Lipinski definition) is 3. The summed E-state index contributed by atoms with van der Waals surface area (Å²) >= 11 is 0. The predicted octanol–water partition coefficient (Wildman–Crippen LogP) is 3.76. The molecule has 0 aliphatic carbocycles. The van der Waals surface area contributed by atoms with E-state index in [0.717, 1.165) is 5.56 Å². The molecular weight excluding hydrogens is 243 g/mol. The van der Waals surface area contributed by atoms with Crippen LogP contribution in [0.25, 0.3) is 0 Å². The molecule has 98 valence electrons. The van der Waals surface area contributed by atoms with Gasteiger partial charge in [-0.05, 0) is 31.2 Å². The minimum absolute atomic E-state index is 0.00463. The highest BCUT2D eigenvalue weighted by Crippen LogP contribution is 2.04. The van der Waals surface area contributed by atoms with E-state index in [1.54, 1.807) is 12.1 Å². The zero-order valence-electron chi connectivity index (χ0n) is 10.5. The van der Waals surface area contributed by atoms with Gasteiger partial charge in [-0.2, -0.15) is 0 Å². The van der Waals surface area contributed by atoms with Gasteiger partial charge in [0.2, 0.25) is 0 Å². The number of nitrogens with two attached hydrogens (primary N) is 1. The van der Waals surface area contributed by atoms with Crippen LogP contribution in [0.1, 0.15) is 11.1 Å². The van der Waals surface area contributed by atoms with E-state index in [2.05, 4.69) is 5.11 Å². The highest BCUT2D eigenvalue weighted by molar-refractivity contribution is 5.96. The Morgan fingerprint density at radius 2 is 1.58 bits per heavy atom. The number of amidine groups is 1. The maximum absolute atomic E-state index is 12.0. The van der Waals surface area contributed by atoms with Crippen molar-refractivity contribution in [3.05, 3.63) is 65.5 Å². The maximum Gasteiger partial charge on any atom is 0.173 e. The first-order valence-corrected chi connectivity index (χ1v) is 5.57. The second-order valence-corrected chi connectivity index (χ2v) is 3.88. The average Bonchev–Trinajstić information content (AvgIpc) is 2.43. The average molecular weight is 258 g/mol.